The molecule has 0 spiro atoms. The number of aryl methyl sites for hydroxylation is 1. The molecular formula is C29H28F5N6OP. The van der Waals surface area contributed by atoms with E-state index in [1.165, 1.54) is 23.9 Å². The number of aromatic nitrogens is 6. The van der Waals surface area contributed by atoms with Crippen LogP contribution in [0.15, 0.2) is 48.7 Å². The quantitative estimate of drug-likeness (QED) is 0.138. The van der Waals surface area contributed by atoms with Crippen LogP contribution in [0.2, 0.25) is 0 Å². The van der Waals surface area contributed by atoms with Crippen LogP contribution in [0.25, 0.3) is 39.4 Å². The number of alkyl halides is 5. The zero-order valence-electron chi connectivity index (χ0n) is 23.3. The molecule has 220 valence electrons. The summed E-state index contributed by atoms with van der Waals surface area (Å²) in [5, 5.41) is 10.3. The van der Waals surface area contributed by atoms with Crippen molar-refractivity contribution in [2.45, 2.75) is 38.5 Å². The molecule has 6 rings (SSSR count). The molecule has 0 radical (unpaired) electrons. The molecule has 1 atom stereocenters. The van der Waals surface area contributed by atoms with Crippen molar-refractivity contribution in [3.05, 3.63) is 60.0 Å². The average Bonchev–Trinajstić information content (AvgIpc) is 3.39. The van der Waals surface area contributed by atoms with Gasteiger partial charge in [-0.25, -0.2) is 18.4 Å². The molecule has 1 aliphatic carbocycles. The van der Waals surface area contributed by atoms with Crippen LogP contribution in [0.5, 0.6) is 5.75 Å². The van der Waals surface area contributed by atoms with E-state index in [0.29, 0.717) is 17.0 Å². The van der Waals surface area contributed by atoms with E-state index < -0.39 is 20.7 Å². The van der Waals surface area contributed by atoms with Gasteiger partial charge in [-0.15, -0.1) is 13.2 Å². The highest BCUT2D eigenvalue weighted by Crippen LogP contribution is 2.48. The van der Waals surface area contributed by atoms with Crippen LogP contribution in [-0.2, 0) is 14.1 Å². The predicted octanol–water partition coefficient (Wildman–Crippen LogP) is 7.30. The fourth-order valence-corrected chi connectivity index (χ4v) is 6.28. The highest BCUT2D eigenvalue weighted by molar-refractivity contribution is 7.64. The zero-order chi connectivity index (χ0) is 29.9. The van der Waals surface area contributed by atoms with Crippen LogP contribution in [0.4, 0.5) is 22.0 Å². The Labute approximate surface area is 239 Å². The molecule has 2 aromatic carbocycles. The minimum atomic E-state index is -4.86. The number of hydrogen-bond donors (Lipinski definition) is 0. The monoisotopic (exact) mass is 602 g/mol. The summed E-state index contributed by atoms with van der Waals surface area (Å²) in [6.07, 6.45) is -3.12. The van der Waals surface area contributed by atoms with Crippen molar-refractivity contribution in [3.63, 3.8) is 0 Å². The Hall–Kier alpha value is -3.79. The SMILES string of the molecule is CCP(C)c1ccc(-c2nc(-c3cccc4nn(-c5cc(C(F)F)n(C)n5)cc34)c(C3CC3)n2C)c(OC(F)(F)F)c1. The summed E-state index contributed by atoms with van der Waals surface area (Å²) in [7, 11) is 2.63. The Balaban J connectivity index is 1.50. The van der Waals surface area contributed by atoms with E-state index in [1.807, 2.05) is 43.4 Å². The van der Waals surface area contributed by atoms with Crippen molar-refractivity contribution < 1.29 is 26.7 Å². The van der Waals surface area contributed by atoms with Crippen molar-refractivity contribution in [2.75, 3.05) is 12.8 Å². The molecule has 0 saturated heterocycles. The smallest absolute Gasteiger partial charge is 0.405 e. The van der Waals surface area contributed by atoms with Gasteiger partial charge in [-0.2, -0.15) is 10.2 Å². The Bertz CT molecular complexity index is 1790. The van der Waals surface area contributed by atoms with E-state index in [4.69, 9.17) is 4.98 Å². The van der Waals surface area contributed by atoms with Gasteiger partial charge in [-0.1, -0.05) is 33.0 Å². The maximum atomic E-state index is 13.5. The molecule has 1 fully saturated rings. The highest BCUT2D eigenvalue weighted by Gasteiger charge is 2.36. The molecule has 3 aromatic heterocycles. The molecule has 3 heterocycles. The standard InChI is InChI=1S/C29H28F5N6OP/c1-5-42(4)17-11-12-19(23(13-17)41-29(32,33)34)28-35-25(26(38(28)2)16-9-10-16)18-7-6-8-21-20(18)15-40(36-21)24-14-22(27(30)31)39(3)37-24/h6-8,11-16,27H,5,9-10H2,1-4H3. The highest BCUT2D eigenvalue weighted by atomic mass is 31.1. The summed E-state index contributed by atoms with van der Waals surface area (Å²) in [5.41, 5.74) is 2.92. The zero-order valence-corrected chi connectivity index (χ0v) is 24.2. The number of imidazole rings is 1. The molecule has 1 aliphatic rings. The van der Waals surface area contributed by atoms with Crippen LogP contribution in [-0.4, -0.2) is 48.3 Å². The fraction of sp³-hybridized carbons (Fsp3) is 0.345. The first-order valence-electron chi connectivity index (χ1n) is 13.4. The first-order valence-corrected chi connectivity index (χ1v) is 15.4. The van der Waals surface area contributed by atoms with Crippen molar-refractivity contribution in [1.29, 1.82) is 0 Å². The van der Waals surface area contributed by atoms with E-state index in [1.54, 1.807) is 18.3 Å². The third kappa shape index (κ3) is 5.17. The van der Waals surface area contributed by atoms with Crippen LogP contribution < -0.4 is 10.0 Å². The number of nitrogens with zero attached hydrogens (tertiary/aromatic N) is 6. The molecule has 5 aromatic rings. The lowest BCUT2D eigenvalue weighted by atomic mass is 10.0. The third-order valence-electron chi connectivity index (χ3n) is 7.62. The second-order valence-corrected chi connectivity index (χ2v) is 13.0. The van der Waals surface area contributed by atoms with Gasteiger partial charge >= 0.3 is 6.36 Å². The van der Waals surface area contributed by atoms with Crippen LogP contribution in [0.3, 0.4) is 0 Å². The second kappa shape index (κ2) is 10.5. The number of fused-ring (bicyclic) bond motifs is 1. The van der Waals surface area contributed by atoms with Crippen LogP contribution >= 0.6 is 7.92 Å². The van der Waals surface area contributed by atoms with E-state index in [2.05, 4.69) is 14.9 Å². The Morgan fingerprint density at radius 3 is 2.45 bits per heavy atom. The van der Waals surface area contributed by atoms with Crippen molar-refractivity contribution >= 4 is 24.1 Å². The molecular weight excluding hydrogens is 574 g/mol. The average molecular weight is 603 g/mol. The lowest BCUT2D eigenvalue weighted by molar-refractivity contribution is -0.274. The second-order valence-electron chi connectivity index (χ2n) is 10.4. The van der Waals surface area contributed by atoms with Gasteiger partial charge in [0.15, 0.2) is 5.82 Å². The number of ether oxygens (including phenoxy) is 1. The lowest BCUT2D eigenvalue weighted by Crippen LogP contribution is -2.19. The van der Waals surface area contributed by atoms with Crippen molar-refractivity contribution in [3.8, 4) is 34.2 Å². The number of benzene rings is 2. The normalized spacial score (nSPS) is 14.7. The van der Waals surface area contributed by atoms with Gasteiger partial charge in [0.05, 0.1) is 16.8 Å². The van der Waals surface area contributed by atoms with Gasteiger partial charge in [0, 0.05) is 48.9 Å². The van der Waals surface area contributed by atoms with Crippen molar-refractivity contribution in [2.24, 2.45) is 14.1 Å². The van der Waals surface area contributed by atoms with E-state index in [9.17, 15) is 22.0 Å². The summed E-state index contributed by atoms with van der Waals surface area (Å²) in [5.74, 6) is 0.540. The molecule has 0 amide bonds. The fourth-order valence-electron chi connectivity index (χ4n) is 5.25. The minimum Gasteiger partial charge on any atom is -0.405 e. The summed E-state index contributed by atoms with van der Waals surface area (Å²) < 4.78 is 76.3. The molecule has 7 nitrogen and oxygen atoms in total. The first kappa shape index (κ1) is 28.3. The summed E-state index contributed by atoms with van der Waals surface area (Å²) >= 11 is 0. The topological polar surface area (TPSA) is 62.7 Å². The van der Waals surface area contributed by atoms with Gasteiger partial charge in [0.1, 0.15) is 17.3 Å². The number of halogens is 5. The summed E-state index contributed by atoms with van der Waals surface area (Å²) in [6.45, 7) is 4.02. The molecule has 1 unspecified atom stereocenters. The Morgan fingerprint density at radius 1 is 1.05 bits per heavy atom. The predicted molar refractivity (Wildman–Crippen MR) is 152 cm³/mol. The lowest BCUT2D eigenvalue weighted by Gasteiger charge is -2.17. The Morgan fingerprint density at radius 2 is 1.81 bits per heavy atom. The van der Waals surface area contributed by atoms with E-state index >= 15 is 0 Å². The number of rotatable bonds is 8. The van der Waals surface area contributed by atoms with Gasteiger partial charge in [-0.05, 0) is 49.2 Å². The Kier molecular flexibility index (Phi) is 7.07. The van der Waals surface area contributed by atoms with Crippen molar-refractivity contribution in [1.82, 2.24) is 29.1 Å². The molecule has 0 N–H and O–H groups in total. The van der Waals surface area contributed by atoms with Gasteiger partial charge < -0.3 is 9.30 Å². The first-order chi connectivity index (χ1) is 19.9. The van der Waals surface area contributed by atoms with Gasteiger partial charge in [0.2, 0.25) is 0 Å². The van der Waals surface area contributed by atoms with E-state index in [0.717, 1.165) is 45.6 Å². The van der Waals surface area contributed by atoms with Crippen LogP contribution in [0.1, 0.15) is 43.5 Å². The van der Waals surface area contributed by atoms with E-state index in [-0.39, 0.29) is 28.7 Å². The maximum Gasteiger partial charge on any atom is 0.573 e. The minimum absolute atomic E-state index is 0.204. The summed E-state index contributed by atoms with van der Waals surface area (Å²) in [4.78, 5) is 4.94. The number of hydrogen-bond acceptors (Lipinski definition) is 4. The maximum absolute atomic E-state index is 13.5. The summed E-state index contributed by atoms with van der Waals surface area (Å²) in [6, 6.07) is 11.8. The molecule has 0 bridgehead atoms. The van der Waals surface area contributed by atoms with Crippen LogP contribution in [0, 0.1) is 0 Å². The van der Waals surface area contributed by atoms with Gasteiger partial charge in [0.25, 0.3) is 6.43 Å². The van der Waals surface area contributed by atoms with Gasteiger partial charge in [-0.3, -0.25) is 4.68 Å². The molecule has 42 heavy (non-hydrogen) atoms. The molecule has 13 heteroatoms. The largest absolute Gasteiger partial charge is 0.573 e. The third-order valence-corrected chi connectivity index (χ3v) is 9.73. The molecule has 0 aliphatic heterocycles. The molecule has 1 saturated carbocycles.